The second-order valence-electron chi connectivity index (χ2n) is 2.78. The molecule has 0 aliphatic heterocycles. The molecular weight excluding hydrogens is 270 g/mol. The number of nitrogens with zero attached hydrogens (tertiary/aromatic N) is 2. The molecule has 7 nitrogen and oxygen atoms in total. The fourth-order valence-corrected chi connectivity index (χ4v) is 0.962. The summed E-state index contributed by atoms with van der Waals surface area (Å²) in [6.07, 6.45) is 0. The van der Waals surface area contributed by atoms with Gasteiger partial charge in [0, 0.05) is 14.1 Å². The summed E-state index contributed by atoms with van der Waals surface area (Å²) < 4.78 is 0. The molecule has 10 heteroatoms. The molecule has 17 heavy (non-hydrogen) atoms. The molecule has 0 spiro atoms. The molecule has 0 fully saturated rings. The van der Waals surface area contributed by atoms with E-state index in [9.17, 15) is 9.59 Å². The number of carboxylic acid groups (broad SMARTS) is 2. The molecule has 0 aromatic rings. The fraction of sp³-hybridized carbons (Fsp3) is 0.571. The fourth-order valence-electron chi connectivity index (χ4n) is 0.832. The number of carbonyl (C=O) groups is 2. The topological polar surface area (TPSA) is 113 Å². The van der Waals surface area contributed by atoms with Crippen molar-refractivity contribution in [2.75, 3.05) is 27.2 Å². The second-order valence-corrected chi connectivity index (χ2v) is 3.15. The number of carboxylic acids is 2. The molecule has 0 unspecified atom stereocenters. The summed E-state index contributed by atoms with van der Waals surface area (Å²) in [4.78, 5) is 23.2. The minimum atomic E-state index is -1.02. The van der Waals surface area contributed by atoms with Crippen molar-refractivity contribution in [1.82, 2.24) is 9.80 Å². The Balaban J connectivity index is -0.000000282. The van der Waals surface area contributed by atoms with E-state index in [4.69, 9.17) is 22.4 Å². The summed E-state index contributed by atoms with van der Waals surface area (Å²) in [7, 11) is 2.99. The van der Waals surface area contributed by atoms with E-state index in [-0.39, 0.29) is 82.8 Å². The summed E-state index contributed by atoms with van der Waals surface area (Å²) in [5, 5.41) is 17.1. The van der Waals surface area contributed by atoms with Crippen molar-refractivity contribution in [3.8, 4) is 0 Å². The number of hydrogen-bond acceptors (Lipinski definition) is 3. The molecule has 0 atom stereocenters. The van der Waals surface area contributed by atoms with Crippen molar-refractivity contribution in [3.63, 3.8) is 0 Å². The Morgan fingerprint density at radius 3 is 1.41 bits per heavy atom. The van der Waals surface area contributed by atoms with Gasteiger partial charge in [0.15, 0.2) is 5.11 Å². The van der Waals surface area contributed by atoms with Crippen LogP contribution >= 0.6 is 12.2 Å². The predicted molar refractivity (Wildman–Crippen MR) is 71.0 cm³/mol. The molecule has 0 rings (SSSR count). The normalized spacial score (nSPS) is 7.65. The van der Waals surface area contributed by atoms with E-state index in [0.29, 0.717) is 0 Å². The Labute approximate surface area is 149 Å². The molecule has 0 aromatic carbocycles. The maximum atomic E-state index is 10.3. The molecule has 0 aliphatic rings. The van der Waals surface area contributed by atoms with Gasteiger partial charge in [-0.15, -0.1) is 0 Å². The van der Waals surface area contributed by atoms with Crippen molar-refractivity contribution in [2.45, 2.75) is 0 Å². The van der Waals surface area contributed by atoms with Gasteiger partial charge in [0.05, 0.1) is 0 Å². The first-order chi connectivity index (χ1) is 6.34. The Hall–Kier alpha value is 0.590. The van der Waals surface area contributed by atoms with Crippen LogP contribution in [-0.4, -0.2) is 129 Å². The van der Waals surface area contributed by atoms with Crippen LogP contribution in [0.3, 0.4) is 0 Å². The SMILES string of the molecule is CN(CC(=O)O)C(=S)N(C)CC(=O)O.O.[NaH].[NaH]. The third-order valence-electron chi connectivity index (χ3n) is 1.40. The van der Waals surface area contributed by atoms with Gasteiger partial charge >= 0.3 is 71.1 Å². The Morgan fingerprint density at radius 2 is 1.24 bits per heavy atom. The molecule has 0 saturated carbocycles. The van der Waals surface area contributed by atoms with Crippen LogP contribution in [-0.2, 0) is 9.59 Å². The van der Waals surface area contributed by atoms with E-state index in [2.05, 4.69) is 0 Å². The first-order valence-corrected chi connectivity index (χ1v) is 4.15. The van der Waals surface area contributed by atoms with E-state index in [1.165, 1.54) is 23.9 Å². The number of aliphatic carboxylic acids is 2. The van der Waals surface area contributed by atoms with Gasteiger partial charge in [0.2, 0.25) is 0 Å². The van der Waals surface area contributed by atoms with E-state index in [1.54, 1.807) is 0 Å². The van der Waals surface area contributed by atoms with Crippen LogP contribution in [0.4, 0.5) is 0 Å². The molecule has 92 valence electrons. The van der Waals surface area contributed by atoms with Crippen LogP contribution in [0.15, 0.2) is 0 Å². The van der Waals surface area contributed by atoms with Crippen LogP contribution in [0.1, 0.15) is 0 Å². The third-order valence-corrected chi connectivity index (χ3v) is 2.02. The summed E-state index contributed by atoms with van der Waals surface area (Å²) in [5.41, 5.74) is 0. The third kappa shape index (κ3) is 12.8. The first-order valence-electron chi connectivity index (χ1n) is 3.74. The maximum absolute atomic E-state index is 10.3. The number of rotatable bonds is 4. The van der Waals surface area contributed by atoms with Gasteiger partial charge in [0.25, 0.3) is 0 Å². The predicted octanol–water partition coefficient (Wildman–Crippen LogP) is -2.82. The minimum absolute atomic E-state index is 0. The standard InChI is InChI=1S/C7H12N2O4S.2Na.H2O.2H/c1-8(3-5(10)11)7(14)9(2)4-6(12)13;;;;;/h3-4H2,1-2H3,(H,10,11)(H,12,13);;;1H2;;. The number of hydrogen-bond donors (Lipinski definition) is 2. The summed E-state index contributed by atoms with van der Waals surface area (Å²) >= 11 is 4.86. The van der Waals surface area contributed by atoms with Crippen LogP contribution < -0.4 is 0 Å². The van der Waals surface area contributed by atoms with Crippen LogP contribution in [0.25, 0.3) is 0 Å². The molecule has 0 radical (unpaired) electrons. The Morgan fingerprint density at radius 1 is 1.00 bits per heavy atom. The zero-order valence-corrected chi connectivity index (χ0v) is 9.24. The van der Waals surface area contributed by atoms with Crippen molar-refractivity contribution >= 4 is 88.4 Å². The van der Waals surface area contributed by atoms with Crippen LogP contribution in [0.2, 0.25) is 0 Å². The van der Waals surface area contributed by atoms with E-state index < -0.39 is 11.9 Å². The Bertz CT molecular complexity index is 243. The summed E-state index contributed by atoms with van der Waals surface area (Å²) in [5.74, 6) is -2.03. The summed E-state index contributed by atoms with van der Waals surface area (Å²) in [6.45, 7) is -0.494. The molecular formula is C7H16N2Na2O5S. The molecule has 4 N–H and O–H groups in total. The average molecular weight is 286 g/mol. The number of thiocarbonyl (C=S) groups is 1. The van der Waals surface area contributed by atoms with Gasteiger partial charge in [-0.2, -0.15) is 0 Å². The van der Waals surface area contributed by atoms with Gasteiger partial charge in [-0.3, -0.25) is 9.59 Å². The van der Waals surface area contributed by atoms with E-state index in [1.807, 2.05) is 0 Å². The molecule has 0 amide bonds. The second kappa shape index (κ2) is 13.0. The van der Waals surface area contributed by atoms with Crippen molar-refractivity contribution < 1.29 is 25.3 Å². The van der Waals surface area contributed by atoms with Crippen molar-refractivity contribution in [1.29, 1.82) is 0 Å². The van der Waals surface area contributed by atoms with Gasteiger partial charge in [-0.05, 0) is 12.2 Å². The van der Waals surface area contributed by atoms with Crippen molar-refractivity contribution in [3.05, 3.63) is 0 Å². The molecule has 0 bridgehead atoms. The zero-order chi connectivity index (χ0) is 11.3. The average Bonchev–Trinajstić information content (AvgIpc) is 2.00. The molecule has 0 aliphatic carbocycles. The van der Waals surface area contributed by atoms with E-state index in [0.717, 1.165) is 0 Å². The van der Waals surface area contributed by atoms with Gasteiger partial charge in [-0.25, -0.2) is 0 Å². The Kier molecular flexibility index (Phi) is 20.1. The molecule has 0 aromatic heterocycles. The quantitative estimate of drug-likeness (QED) is 0.423. The zero-order valence-electron chi connectivity index (χ0n) is 8.43. The van der Waals surface area contributed by atoms with Gasteiger partial charge in [-0.1, -0.05) is 0 Å². The monoisotopic (exact) mass is 286 g/mol. The van der Waals surface area contributed by atoms with Crippen LogP contribution in [0, 0.1) is 0 Å². The van der Waals surface area contributed by atoms with E-state index >= 15 is 0 Å². The molecule has 0 saturated heterocycles. The van der Waals surface area contributed by atoms with Gasteiger partial charge < -0.3 is 25.5 Å². The van der Waals surface area contributed by atoms with Crippen LogP contribution in [0.5, 0.6) is 0 Å². The number of likely N-dealkylation sites (N-methyl/N-ethyl adjacent to an activating group) is 2. The summed E-state index contributed by atoms with van der Waals surface area (Å²) in [6, 6.07) is 0. The first kappa shape index (κ1) is 26.2. The van der Waals surface area contributed by atoms with Gasteiger partial charge in [0.1, 0.15) is 13.1 Å². The molecule has 0 heterocycles. The van der Waals surface area contributed by atoms with Crippen molar-refractivity contribution in [2.24, 2.45) is 0 Å².